The smallest absolute Gasteiger partial charge is 0.179 e. The minimum absolute atomic E-state index is 0.586. The van der Waals surface area contributed by atoms with Crippen LogP contribution in [0.3, 0.4) is 0 Å². The third kappa shape index (κ3) is 5.84. The van der Waals surface area contributed by atoms with Crippen molar-refractivity contribution in [3.63, 3.8) is 0 Å². The molecule has 1 saturated heterocycles. The summed E-state index contributed by atoms with van der Waals surface area (Å²) in [6, 6.07) is 3.92. The van der Waals surface area contributed by atoms with Crippen LogP contribution in [0.4, 0.5) is 0 Å². The number of ether oxygens (including phenoxy) is 3. The van der Waals surface area contributed by atoms with Crippen LogP contribution in [0, 0.1) is 0 Å². The van der Waals surface area contributed by atoms with Crippen molar-refractivity contribution < 1.29 is 14.2 Å². The average molecular weight is 343 g/mol. The van der Waals surface area contributed by atoms with Crippen LogP contribution in [0.2, 0.25) is 5.02 Å². The summed E-state index contributed by atoms with van der Waals surface area (Å²) in [5.41, 5.74) is 1.10. The molecule has 6 heteroatoms. The fraction of sp³-hybridized carbons (Fsp3) is 0.647. The Morgan fingerprint density at radius 3 is 2.78 bits per heavy atom. The zero-order valence-corrected chi connectivity index (χ0v) is 14.8. The molecular formula is C17H27ClN2O3. The molecule has 1 aromatic carbocycles. The number of hydrogen-bond acceptors (Lipinski definition) is 5. The van der Waals surface area contributed by atoms with Crippen molar-refractivity contribution >= 4 is 11.6 Å². The Balaban J connectivity index is 1.76. The van der Waals surface area contributed by atoms with E-state index in [1.807, 2.05) is 19.1 Å². The molecule has 0 bridgehead atoms. The predicted molar refractivity (Wildman–Crippen MR) is 92.8 cm³/mol. The van der Waals surface area contributed by atoms with Gasteiger partial charge in [-0.3, -0.25) is 4.90 Å². The normalized spacial score (nSPS) is 15.6. The molecule has 1 aliphatic rings. The Morgan fingerprint density at radius 1 is 1.30 bits per heavy atom. The lowest BCUT2D eigenvalue weighted by Crippen LogP contribution is -2.37. The molecule has 0 amide bonds. The van der Waals surface area contributed by atoms with Crippen LogP contribution >= 0.6 is 11.6 Å². The van der Waals surface area contributed by atoms with Crippen molar-refractivity contribution in [2.45, 2.75) is 19.9 Å². The number of nitrogens with zero attached hydrogens (tertiary/aromatic N) is 1. The Bertz CT molecular complexity index is 479. The van der Waals surface area contributed by atoms with Gasteiger partial charge in [0.05, 0.1) is 32.0 Å². The molecule has 1 N–H and O–H groups in total. The lowest BCUT2D eigenvalue weighted by Gasteiger charge is -2.26. The van der Waals surface area contributed by atoms with Gasteiger partial charge in [-0.05, 0) is 44.1 Å². The second kappa shape index (κ2) is 9.98. The molecular weight excluding hydrogens is 316 g/mol. The number of nitrogens with one attached hydrogen (secondary N) is 1. The monoisotopic (exact) mass is 342 g/mol. The van der Waals surface area contributed by atoms with Crippen molar-refractivity contribution in [2.24, 2.45) is 0 Å². The van der Waals surface area contributed by atoms with Crippen LogP contribution in [0.15, 0.2) is 12.1 Å². The first-order valence-corrected chi connectivity index (χ1v) is 8.62. The van der Waals surface area contributed by atoms with Crippen molar-refractivity contribution in [1.29, 1.82) is 0 Å². The van der Waals surface area contributed by atoms with E-state index < -0.39 is 0 Å². The topological polar surface area (TPSA) is 43.0 Å². The molecule has 0 aromatic heterocycles. The molecule has 1 fully saturated rings. The van der Waals surface area contributed by atoms with Crippen molar-refractivity contribution in [3.05, 3.63) is 22.7 Å². The van der Waals surface area contributed by atoms with E-state index in [0.717, 1.165) is 57.9 Å². The van der Waals surface area contributed by atoms with Crippen LogP contribution in [-0.2, 0) is 11.3 Å². The van der Waals surface area contributed by atoms with Gasteiger partial charge in [-0.15, -0.1) is 0 Å². The summed E-state index contributed by atoms with van der Waals surface area (Å²) in [5, 5.41) is 4.05. The van der Waals surface area contributed by atoms with Gasteiger partial charge in [0.1, 0.15) is 0 Å². The standard InChI is InChI=1S/C17H27ClN2O3/c1-3-23-16-12-14(11-15(18)17(16)21-2)13-19-5-4-6-20-7-9-22-10-8-20/h11-12,19H,3-10,13H2,1-2H3. The van der Waals surface area contributed by atoms with Crippen molar-refractivity contribution in [3.8, 4) is 11.5 Å². The summed E-state index contributed by atoms with van der Waals surface area (Å²) in [5.74, 6) is 1.30. The van der Waals surface area contributed by atoms with Gasteiger partial charge in [0.2, 0.25) is 0 Å². The zero-order chi connectivity index (χ0) is 16.5. The molecule has 2 rings (SSSR count). The highest BCUT2D eigenvalue weighted by Gasteiger charge is 2.12. The van der Waals surface area contributed by atoms with Crippen LogP contribution in [0.1, 0.15) is 18.9 Å². The van der Waals surface area contributed by atoms with E-state index >= 15 is 0 Å². The van der Waals surface area contributed by atoms with Gasteiger partial charge in [0.15, 0.2) is 11.5 Å². The van der Waals surface area contributed by atoms with E-state index in [1.54, 1.807) is 7.11 Å². The number of benzene rings is 1. The van der Waals surface area contributed by atoms with Gasteiger partial charge >= 0.3 is 0 Å². The van der Waals surface area contributed by atoms with Gasteiger partial charge in [-0.1, -0.05) is 11.6 Å². The van der Waals surface area contributed by atoms with Crippen LogP contribution < -0.4 is 14.8 Å². The third-order valence-electron chi connectivity index (χ3n) is 3.83. The predicted octanol–water partition coefficient (Wildman–Crippen LogP) is 2.56. The zero-order valence-electron chi connectivity index (χ0n) is 14.1. The Morgan fingerprint density at radius 2 is 2.09 bits per heavy atom. The summed E-state index contributed by atoms with van der Waals surface area (Å²) in [4.78, 5) is 2.45. The quantitative estimate of drug-likeness (QED) is 0.699. The van der Waals surface area contributed by atoms with E-state index in [0.29, 0.717) is 23.1 Å². The molecule has 130 valence electrons. The highest BCUT2D eigenvalue weighted by molar-refractivity contribution is 6.32. The third-order valence-corrected chi connectivity index (χ3v) is 4.11. The minimum Gasteiger partial charge on any atom is -0.491 e. The SMILES string of the molecule is CCOc1cc(CNCCCN2CCOCC2)cc(Cl)c1OC. The maximum absolute atomic E-state index is 6.26. The Labute approximate surface area is 143 Å². The molecule has 0 unspecified atom stereocenters. The van der Waals surface area contributed by atoms with E-state index in [-0.39, 0.29) is 0 Å². The maximum Gasteiger partial charge on any atom is 0.179 e. The van der Waals surface area contributed by atoms with Crippen molar-refractivity contribution in [2.75, 3.05) is 53.1 Å². The van der Waals surface area contributed by atoms with Gasteiger partial charge in [0.25, 0.3) is 0 Å². The summed E-state index contributed by atoms with van der Waals surface area (Å²) in [7, 11) is 1.60. The van der Waals surface area contributed by atoms with Gasteiger partial charge in [0, 0.05) is 19.6 Å². The van der Waals surface area contributed by atoms with Crippen molar-refractivity contribution in [1.82, 2.24) is 10.2 Å². The largest absolute Gasteiger partial charge is 0.491 e. The molecule has 1 heterocycles. The van der Waals surface area contributed by atoms with E-state index in [2.05, 4.69) is 10.2 Å². The first-order chi connectivity index (χ1) is 11.2. The van der Waals surface area contributed by atoms with Gasteiger partial charge in [-0.25, -0.2) is 0 Å². The molecule has 0 saturated carbocycles. The number of halogens is 1. The number of morpholine rings is 1. The Hall–Kier alpha value is -1.01. The summed E-state index contributed by atoms with van der Waals surface area (Å²) < 4.78 is 16.3. The first kappa shape index (κ1) is 18.3. The molecule has 0 aliphatic carbocycles. The summed E-state index contributed by atoms with van der Waals surface area (Å²) in [6.07, 6.45) is 1.13. The maximum atomic E-state index is 6.26. The molecule has 0 atom stereocenters. The number of rotatable bonds is 9. The van der Waals surface area contributed by atoms with Crippen LogP contribution in [0.25, 0.3) is 0 Å². The summed E-state index contributed by atoms with van der Waals surface area (Å²) in [6.45, 7) is 9.21. The molecule has 5 nitrogen and oxygen atoms in total. The van der Waals surface area contributed by atoms with E-state index in [9.17, 15) is 0 Å². The Kier molecular flexibility index (Phi) is 7.95. The number of hydrogen-bond donors (Lipinski definition) is 1. The fourth-order valence-corrected chi connectivity index (χ4v) is 2.98. The second-order valence-electron chi connectivity index (χ2n) is 5.53. The number of methoxy groups -OCH3 is 1. The van der Waals surface area contributed by atoms with Crippen LogP contribution in [-0.4, -0.2) is 58.0 Å². The minimum atomic E-state index is 0.586. The highest BCUT2D eigenvalue weighted by Crippen LogP contribution is 2.36. The van der Waals surface area contributed by atoms with Gasteiger partial charge in [-0.2, -0.15) is 0 Å². The average Bonchev–Trinajstić information content (AvgIpc) is 2.56. The molecule has 1 aliphatic heterocycles. The van der Waals surface area contributed by atoms with Gasteiger partial charge < -0.3 is 19.5 Å². The molecule has 1 aromatic rings. The molecule has 0 radical (unpaired) electrons. The highest BCUT2D eigenvalue weighted by atomic mass is 35.5. The fourth-order valence-electron chi connectivity index (χ4n) is 2.67. The lowest BCUT2D eigenvalue weighted by atomic mass is 10.2. The summed E-state index contributed by atoms with van der Waals surface area (Å²) >= 11 is 6.26. The first-order valence-electron chi connectivity index (χ1n) is 8.24. The van der Waals surface area contributed by atoms with E-state index in [1.165, 1.54) is 0 Å². The second-order valence-corrected chi connectivity index (χ2v) is 5.93. The van der Waals surface area contributed by atoms with Crippen LogP contribution in [0.5, 0.6) is 11.5 Å². The van der Waals surface area contributed by atoms with E-state index in [4.69, 9.17) is 25.8 Å². The molecule has 23 heavy (non-hydrogen) atoms. The molecule has 0 spiro atoms. The lowest BCUT2D eigenvalue weighted by molar-refractivity contribution is 0.0374.